The largest absolute Gasteiger partial charge is 0.316 e. The van der Waals surface area contributed by atoms with Crippen molar-refractivity contribution in [2.45, 2.75) is 50.5 Å². The van der Waals surface area contributed by atoms with Crippen molar-refractivity contribution in [2.75, 3.05) is 13.1 Å². The highest BCUT2D eigenvalue weighted by molar-refractivity contribution is 7.89. The highest BCUT2D eigenvalue weighted by Crippen LogP contribution is 2.32. The van der Waals surface area contributed by atoms with E-state index in [0.717, 1.165) is 34.7 Å². The summed E-state index contributed by atoms with van der Waals surface area (Å²) in [6, 6.07) is 5.19. The number of nitrogens with zero attached hydrogens (tertiary/aromatic N) is 1. The van der Waals surface area contributed by atoms with E-state index < -0.39 is 10.0 Å². The third-order valence-corrected chi connectivity index (χ3v) is 7.34. The molecule has 1 saturated heterocycles. The van der Waals surface area contributed by atoms with Gasteiger partial charge in [-0.05, 0) is 43.6 Å². The van der Waals surface area contributed by atoms with Crippen LogP contribution >= 0.6 is 23.7 Å². The van der Waals surface area contributed by atoms with Crippen molar-refractivity contribution in [1.82, 2.24) is 15.0 Å². The second-order valence-electron chi connectivity index (χ2n) is 7.60. The minimum Gasteiger partial charge on any atom is -0.316 e. The van der Waals surface area contributed by atoms with Crippen molar-refractivity contribution in [3.05, 3.63) is 23.2 Å². The highest BCUT2D eigenvalue weighted by atomic mass is 35.5. The minimum absolute atomic E-state index is 0. The molecule has 1 aliphatic rings. The van der Waals surface area contributed by atoms with Gasteiger partial charge in [-0.3, -0.25) is 0 Å². The number of hydrogen-bond donors (Lipinski definition) is 2. The zero-order chi connectivity index (χ0) is 17.5. The normalized spacial score (nSPS) is 21.9. The summed E-state index contributed by atoms with van der Waals surface area (Å²) in [5.74, 6) is 0.285. The van der Waals surface area contributed by atoms with E-state index in [2.05, 4.69) is 42.7 Å². The van der Waals surface area contributed by atoms with Crippen molar-refractivity contribution in [3.8, 4) is 0 Å². The third-order valence-electron chi connectivity index (χ3n) is 4.40. The summed E-state index contributed by atoms with van der Waals surface area (Å²) in [4.78, 5) is 4.95. The smallest absolute Gasteiger partial charge is 0.240 e. The lowest BCUT2D eigenvalue weighted by atomic mass is 9.97. The maximum Gasteiger partial charge on any atom is 0.240 e. The Morgan fingerprint density at radius 2 is 2.04 bits per heavy atom. The van der Waals surface area contributed by atoms with E-state index in [0.29, 0.717) is 4.90 Å². The van der Waals surface area contributed by atoms with Crippen molar-refractivity contribution < 1.29 is 8.42 Å². The van der Waals surface area contributed by atoms with Gasteiger partial charge in [0, 0.05) is 11.5 Å². The summed E-state index contributed by atoms with van der Waals surface area (Å²) in [6.07, 6.45) is 0.817. The van der Waals surface area contributed by atoms with Gasteiger partial charge in [0.1, 0.15) is 0 Å². The van der Waals surface area contributed by atoms with Crippen LogP contribution in [0.1, 0.15) is 39.1 Å². The number of piperidine rings is 1. The topological polar surface area (TPSA) is 71.1 Å². The van der Waals surface area contributed by atoms with Gasteiger partial charge in [-0.2, -0.15) is 0 Å². The molecule has 25 heavy (non-hydrogen) atoms. The molecule has 0 saturated carbocycles. The average Bonchev–Trinajstić information content (AvgIpc) is 2.93. The molecular weight excluding hydrogens is 378 g/mol. The van der Waals surface area contributed by atoms with Crippen LogP contribution in [0, 0.1) is 5.92 Å². The van der Waals surface area contributed by atoms with Crippen LogP contribution in [0.25, 0.3) is 10.2 Å². The van der Waals surface area contributed by atoms with Gasteiger partial charge in [0.15, 0.2) is 0 Å². The van der Waals surface area contributed by atoms with Crippen LogP contribution in [0.3, 0.4) is 0 Å². The van der Waals surface area contributed by atoms with Gasteiger partial charge in [0.25, 0.3) is 0 Å². The van der Waals surface area contributed by atoms with Gasteiger partial charge in [-0.25, -0.2) is 18.1 Å². The van der Waals surface area contributed by atoms with Crippen molar-refractivity contribution >= 4 is 44.0 Å². The molecule has 2 aromatic rings. The molecule has 0 amide bonds. The number of benzene rings is 1. The molecule has 2 unspecified atom stereocenters. The predicted octanol–water partition coefficient (Wildman–Crippen LogP) is 3.29. The fourth-order valence-electron chi connectivity index (χ4n) is 2.85. The lowest BCUT2D eigenvalue weighted by Gasteiger charge is -2.29. The molecule has 1 aliphatic heterocycles. The van der Waals surface area contributed by atoms with Gasteiger partial charge in [-0.1, -0.05) is 27.7 Å². The minimum atomic E-state index is -3.51. The highest BCUT2D eigenvalue weighted by Gasteiger charge is 2.27. The number of aromatic nitrogens is 1. The Hall–Kier alpha value is -0.730. The molecular formula is C17H26ClN3O2S2. The molecule has 140 valence electrons. The van der Waals surface area contributed by atoms with E-state index in [1.807, 2.05) is 6.07 Å². The van der Waals surface area contributed by atoms with E-state index in [1.165, 1.54) is 0 Å². The number of hydrogen-bond acceptors (Lipinski definition) is 5. The molecule has 2 heterocycles. The zero-order valence-corrected chi connectivity index (χ0v) is 17.4. The first kappa shape index (κ1) is 20.6. The van der Waals surface area contributed by atoms with Crippen molar-refractivity contribution in [2.24, 2.45) is 5.92 Å². The van der Waals surface area contributed by atoms with Crippen LogP contribution in [0.15, 0.2) is 23.1 Å². The molecule has 2 N–H and O–H groups in total. The Morgan fingerprint density at radius 3 is 2.68 bits per heavy atom. The number of thiazole rings is 1. The van der Waals surface area contributed by atoms with Crippen molar-refractivity contribution in [3.63, 3.8) is 0 Å². The maximum atomic E-state index is 12.7. The first-order valence-corrected chi connectivity index (χ1v) is 10.6. The first-order valence-electron chi connectivity index (χ1n) is 8.31. The van der Waals surface area contributed by atoms with Gasteiger partial charge >= 0.3 is 0 Å². The molecule has 5 nitrogen and oxygen atoms in total. The summed E-state index contributed by atoms with van der Waals surface area (Å²) in [7, 11) is -3.51. The first-order chi connectivity index (χ1) is 11.2. The maximum absolute atomic E-state index is 12.7. The molecule has 0 bridgehead atoms. The summed E-state index contributed by atoms with van der Waals surface area (Å²) in [6.45, 7) is 10.1. The van der Waals surface area contributed by atoms with Gasteiger partial charge in [0.2, 0.25) is 10.0 Å². The quantitative estimate of drug-likeness (QED) is 0.824. The molecule has 1 fully saturated rings. The SMILES string of the molecule is CC1CNCCC1NS(=O)(=O)c1ccc2nc(C(C)(C)C)sc2c1.Cl. The second-order valence-corrected chi connectivity index (χ2v) is 10.3. The van der Waals surface area contributed by atoms with E-state index in [1.54, 1.807) is 23.5 Å². The summed E-state index contributed by atoms with van der Waals surface area (Å²) >= 11 is 1.57. The number of rotatable bonds is 3. The molecule has 2 atom stereocenters. The Bertz CT molecular complexity index is 843. The van der Waals surface area contributed by atoms with Crippen LogP contribution in [-0.4, -0.2) is 32.5 Å². The van der Waals surface area contributed by atoms with Crippen LogP contribution < -0.4 is 10.0 Å². The number of halogens is 1. The molecule has 8 heteroatoms. The molecule has 3 rings (SSSR count). The number of nitrogens with one attached hydrogen (secondary N) is 2. The van der Waals surface area contributed by atoms with Gasteiger partial charge in [0.05, 0.1) is 20.1 Å². The van der Waals surface area contributed by atoms with E-state index in [-0.39, 0.29) is 29.8 Å². The van der Waals surface area contributed by atoms with E-state index >= 15 is 0 Å². The van der Waals surface area contributed by atoms with Crippen LogP contribution in [0.5, 0.6) is 0 Å². The molecule has 1 aromatic heterocycles. The molecule has 0 radical (unpaired) electrons. The summed E-state index contributed by atoms with van der Waals surface area (Å²) in [5, 5.41) is 4.31. The number of sulfonamides is 1. The van der Waals surface area contributed by atoms with Crippen LogP contribution in [-0.2, 0) is 15.4 Å². The van der Waals surface area contributed by atoms with E-state index in [9.17, 15) is 8.42 Å². The third kappa shape index (κ3) is 4.52. The summed E-state index contributed by atoms with van der Waals surface area (Å²) < 4.78 is 29.3. The fourth-order valence-corrected chi connectivity index (χ4v) is 5.39. The average molecular weight is 404 g/mol. The lowest BCUT2D eigenvalue weighted by Crippen LogP contribution is -2.48. The zero-order valence-electron chi connectivity index (χ0n) is 15.0. The second kappa shape index (κ2) is 7.48. The Balaban J connectivity index is 0.00000225. The predicted molar refractivity (Wildman–Crippen MR) is 106 cm³/mol. The standard InChI is InChI=1S/C17H25N3O2S2.ClH/c1-11-10-18-8-7-13(11)20-24(21,22)12-5-6-14-15(9-12)23-16(19-14)17(2,3)4;/h5-6,9,11,13,18,20H,7-8,10H2,1-4H3;1H. The monoisotopic (exact) mass is 403 g/mol. The Kier molecular flexibility index (Phi) is 6.16. The van der Waals surface area contributed by atoms with Crippen LogP contribution in [0.4, 0.5) is 0 Å². The van der Waals surface area contributed by atoms with Crippen LogP contribution in [0.2, 0.25) is 0 Å². The molecule has 0 spiro atoms. The van der Waals surface area contributed by atoms with Gasteiger partial charge < -0.3 is 5.32 Å². The Morgan fingerprint density at radius 1 is 1.32 bits per heavy atom. The Labute approximate surface area is 160 Å². The lowest BCUT2D eigenvalue weighted by molar-refractivity contribution is 0.328. The van der Waals surface area contributed by atoms with Crippen molar-refractivity contribution in [1.29, 1.82) is 0 Å². The number of fused-ring (bicyclic) bond motifs is 1. The molecule has 1 aromatic carbocycles. The fraction of sp³-hybridized carbons (Fsp3) is 0.588. The molecule has 0 aliphatic carbocycles. The summed E-state index contributed by atoms with van der Waals surface area (Å²) in [5.41, 5.74) is 0.824. The van der Waals surface area contributed by atoms with Gasteiger partial charge in [-0.15, -0.1) is 23.7 Å². The van der Waals surface area contributed by atoms with E-state index in [4.69, 9.17) is 0 Å².